The number of ether oxygens (including phenoxy) is 1. The third-order valence-electron chi connectivity index (χ3n) is 4.42. The molecule has 148 valence electrons. The smallest absolute Gasteiger partial charge is 0.261 e. The first kappa shape index (κ1) is 19.4. The Morgan fingerprint density at radius 1 is 1.21 bits per heavy atom. The van der Waals surface area contributed by atoms with Gasteiger partial charge in [-0.1, -0.05) is 35.2 Å². The average molecular weight is 427 g/mol. The molecular formula is C20H18N4O3S2. The zero-order valence-electron chi connectivity index (χ0n) is 16.0. The van der Waals surface area contributed by atoms with Crippen LogP contribution in [0.2, 0.25) is 0 Å². The van der Waals surface area contributed by atoms with E-state index in [9.17, 15) is 9.59 Å². The molecule has 2 aromatic carbocycles. The third-order valence-corrected chi connectivity index (χ3v) is 6.50. The number of carbonyl (C=O) groups is 1. The van der Waals surface area contributed by atoms with Crippen LogP contribution in [0.1, 0.15) is 6.92 Å². The number of nitrogens with zero attached hydrogens (tertiary/aromatic N) is 3. The van der Waals surface area contributed by atoms with E-state index >= 15 is 0 Å². The summed E-state index contributed by atoms with van der Waals surface area (Å²) in [5.74, 6) is 0.537. The Morgan fingerprint density at radius 2 is 2.00 bits per heavy atom. The van der Waals surface area contributed by atoms with Crippen molar-refractivity contribution in [2.75, 3.05) is 12.4 Å². The first-order valence-electron chi connectivity index (χ1n) is 8.84. The largest absolute Gasteiger partial charge is 0.497 e. The van der Waals surface area contributed by atoms with Crippen molar-refractivity contribution in [2.24, 2.45) is 7.05 Å². The van der Waals surface area contributed by atoms with Gasteiger partial charge in [-0.2, -0.15) is 0 Å². The Hall–Kier alpha value is -2.91. The number of nitrogens with one attached hydrogen (secondary N) is 1. The third kappa shape index (κ3) is 3.83. The Labute approximate surface area is 174 Å². The fourth-order valence-electron chi connectivity index (χ4n) is 2.81. The molecular weight excluding hydrogens is 408 g/mol. The van der Waals surface area contributed by atoms with Gasteiger partial charge >= 0.3 is 0 Å². The van der Waals surface area contributed by atoms with Crippen LogP contribution in [0.4, 0.5) is 5.13 Å². The molecule has 0 aliphatic carbocycles. The zero-order valence-corrected chi connectivity index (χ0v) is 17.6. The highest BCUT2D eigenvalue weighted by Gasteiger charge is 2.19. The van der Waals surface area contributed by atoms with Gasteiger partial charge in [0.05, 0.1) is 33.5 Å². The molecule has 29 heavy (non-hydrogen) atoms. The summed E-state index contributed by atoms with van der Waals surface area (Å²) in [7, 11) is 3.27. The summed E-state index contributed by atoms with van der Waals surface area (Å²) in [6.45, 7) is 1.78. The summed E-state index contributed by atoms with van der Waals surface area (Å²) in [6.07, 6.45) is 0. The molecule has 4 aromatic rings. The molecule has 0 saturated heterocycles. The first-order chi connectivity index (χ1) is 14.0. The summed E-state index contributed by atoms with van der Waals surface area (Å²) in [4.78, 5) is 34.2. The number of anilines is 1. The van der Waals surface area contributed by atoms with Crippen LogP contribution in [0.5, 0.6) is 5.75 Å². The molecule has 0 fully saturated rings. The van der Waals surface area contributed by atoms with E-state index in [1.807, 2.05) is 30.3 Å². The molecule has 0 spiro atoms. The molecule has 1 atom stereocenters. The lowest BCUT2D eigenvalue weighted by Gasteiger charge is -2.13. The highest BCUT2D eigenvalue weighted by molar-refractivity contribution is 8.00. The van der Waals surface area contributed by atoms with Crippen LogP contribution in [0.3, 0.4) is 0 Å². The summed E-state index contributed by atoms with van der Waals surface area (Å²) in [5, 5.41) is 3.96. The molecule has 1 N–H and O–H groups in total. The Bertz CT molecular complexity index is 1280. The maximum atomic E-state index is 12.7. The van der Waals surface area contributed by atoms with E-state index in [0.29, 0.717) is 21.2 Å². The molecule has 4 rings (SSSR count). The van der Waals surface area contributed by atoms with Crippen LogP contribution < -0.4 is 15.6 Å². The standard InChI is InChI=1S/C20H18N4O3S2/c1-11(28-20-22-14-7-5-4-6-13(14)18(26)24(20)2)17(25)23-19-21-15-9-8-12(27-3)10-16(15)29-19/h4-11H,1-3H3,(H,21,23,25). The Kier molecular flexibility index (Phi) is 5.25. The molecule has 1 amide bonds. The second kappa shape index (κ2) is 7.84. The lowest BCUT2D eigenvalue weighted by molar-refractivity contribution is -0.115. The summed E-state index contributed by atoms with van der Waals surface area (Å²) < 4.78 is 7.62. The molecule has 9 heteroatoms. The van der Waals surface area contributed by atoms with Gasteiger partial charge < -0.3 is 10.1 Å². The number of thiazole rings is 1. The van der Waals surface area contributed by atoms with Crippen molar-refractivity contribution in [3.8, 4) is 5.75 Å². The minimum Gasteiger partial charge on any atom is -0.497 e. The SMILES string of the molecule is COc1ccc2nc(NC(=O)C(C)Sc3nc4ccccc4c(=O)n3C)sc2c1. The minimum atomic E-state index is -0.462. The van der Waals surface area contributed by atoms with Gasteiger partial charge in [0.15, 0.2) is 10.3 Å². The number of carbonyl (C=O) groups excluding carboxylic acids is 1. The van der Waals surface area contributed by atoms with Crippen molar-refractivity contribution in [2.45, 2.75) is 17.3 Å². The molecule has 2 heterocycles. The molecule has 7 nitrogen and oxygen atoms in total. The fraction of sp³-hybridized carbons (Fsp3) is 0.200. The van der Waals surface area contributed by atoms with Crippen molar-refractivity contribution >= 4 is 55.3 Å². The number of hydrogen-bond donors (Lipinski definition) is 1. The maximum absolute atomic E-state index is 12.7. The van der Waals surface area contributed by atoms with Crippen LogP contribution in [0.15, 0.2) is 52.4 Å². The van der Waals surface area contributed by atoms with E-state index in [1.165, 1.54) is 27.7 Å². The maximum Gasteiger partial charge on any atom is 0.261 e. The van der Waals surface area contributed by atoms with Gasteiger partial charge in [0, 0.05) is 7.05 Å². The molecule has 0 saturated carbocycles. The molecule has 0 aliphatic heterocycles. The second-order valence-electron chi connectivity index (χ2n) is 6.38. The number of fused-ring (bicyclic) bond motifs is 2. The van der Waals surface area contributed by atoms with Crippen molar-refractivity contribution < 1.29 is 9.53 Å². The van der Waals surface area contributed by atoms with E-state index in [2.05, 4.69) is 15.3 Å². The number of benzene rings is 2. The van der Waals surface area contributed by atoms with Gasteiger partial charge in [-0.25, -0.2) is 9.97 Å². The van der Waals surface area contributed by atoms with Gasteiger partial charge in [0.1, 0.15) is 5.75 Å². The quantitative estimate of drug-likeness (QED) is 0.387. The van der Waals surface area contributed by atoms with Crippen LogP contribution >= 0.6 is 23.1 Å². The predicted molar refractivity (Wildman–Crippen MR) is 117 cm³/mol. The van der Waals surface area contributed by atoms with Crippen LogP contribution in [0.25, 0.3) is 21.1 Å². The van der Waals surface area contributed by atoms with E-state index in [4.69, 9.17) is 4.74 Å². The van der Waals surface area contributed by atoms with Gasteiger partial charge in [0.2, 0.25) is 5.91 Å². The van der Waals surface area contributed by atoms with Gasteiger partial charge in [0.25, 0.3) is 5.56 Å². The highest BCUT2D eigenvalue weighted by atomic mass is 32.2. The summed E-state index contributed by atoms with van der Waals surface area (Å²) in [6, 6.07) is 12.8. The molecule has 2 aromatic heterocycles. The molecule has 0 radical (unpaired) electrons. The summed E-state index contributed by atoms with van der Waals surface area (Å²) >= 11 is 2.62. The van der Waals surface area contributed by atoms with Crippen LogP contribution in [-0.4, -0.2) is 32.8 Å². The van der Waals surface area contributed by atoms with Crippen LogP contribution in [-0.2, 0) is 11.8 Å². The number of methoxy groups -OCH3 is 1. The molecule has 1 unspecified atom stereocenters. The number of para-hydroxylation sites is 1. The number of hydrogen-bond acceptors (Lipinski definition) is 7. The van der Waals surface area contributed by atoms with E-state index in [-0.39, 0.29) is 11.5 Å². The average Bonchev–Trinajstić information content (AvgIpc) is 3.12. The van der Waals surface area contributed by atoms with Crippen molar-refractivity contribution in [1.29, 1.82) is 0 Å². The lowest BCUT2D eigenvalue weighted by Crippen LogP contribution is -2.25. The molecule has 0 aliphatic rings. The van der Waals surface area contributed by atoms with E-state index < -0.39 is 5.25 Å². The van der Waals surface area contributed by atoms with Gasteiger partial charge in [-0.15, -0.1) is 0 Å². The Balaban J connectivity index is 1.53. The number of aromatic nitrogens is 3. The topological polar surface area (TPSA) is 86.1 Å². The molecule has 0 bridgehead atoms. The highest BCUT2D eigenvalue weighted by Crippen LogP contribution is 2.30. The fourth-order valence-corrected chi connectivity index (χ4v) is 4.58. The Morgan fingerprint density at radius 3 is 2.79 bits per heavy atom. The minimum absolute atomic E-state index is 0.133. The summed E-state index contributed by atoms with van der Waals surface area (Å²) in [5.41, 5.74) is 1.28. The number of thioether (sulfide) groups is 1. The van der Waals surface area contributed by atoms with Crippen molar-refractivity contribution in [1.82, 2.24) is 14.5 Å². The van der Waals surface area contributed by atoms with E-state index in [0.717, 1.165) is 16.0 Å². The van der Waals surface area contributed by atoms with Crippen molar-refractivity contribution in [3.05, 3.63) is 52.8 Å². The predicted octanol–water partition coefficient (Wildman–Crippen LogP) is 3.67. The first-order valence-corrected chi connectivity index (χ1v) is 10.5. The zero-order chi connectivity index (χ0) is 20.5. The second-order valence-corrected chi connectivity index (χ2v) is 8.72. The number of amides is 1. The van der Waals surface area contributed by atoms with E-state index in [1.54, 1.807) is 33.2 Å². The lowest BCUT2D eigenvalue weighted by atomic mass is 10.2. The monoisotopic (exact) mass is 426 g/mol. The number of rotatable bonds is 5. The normalized spacial score (nSPS) is 12.2. The van der Waals surface area contributed by atoms with Crippen LogP contribution in [0, 0.1) is 0 Å². The van der Waals surface area contributed by atoms with Crippen molar-refractivity contribution in [3.63, 3.8) is 0 Å². The van der Waals surface area contributed by atoms with Gasteiger partial charge in [-0.3, -0.25) is 14.2 Å². The van der Waals surface area contributed by atoms with Gasteiger partial charge in [-0.05, 0) is 37.3 Å².